The Labute approximate surface area is 181 Å². The quantitative estimate of drug-likeness (QED) is 0.722. The Kier molecular flexibility index (Phi) is 3.97. The number of H-pyrrole nitrogens is 1. The summed E-state index contributed by atoms with van der Waals surface area (Å²) < 4.78 is 0. The lowest BCUT2D eigenvalue weighted by Crippen LogP contribution is -2.46. The molecule has 5 heteroatoms. The van der Waals surface area contributed by atoms with Crippen molar-refractivity contribution in [3.05, 3.63) is 75.2 Å². The zero-order valence-corrected chi connectivity index (χ0v) is 17.4. The number of piperazine rings is 1. The molecule has 6 rings (SSSR count). The first kappa shape index (κ1) is 18.3. The molecular formula is C26H24N4O. The Bertz CT molecular complexity index is 1340. The molecule has 154 valence electrons. The Hall–Kier alpha value is -3.52. The van der Waals surface area contributed by atoms with Crippen LogP contribution >= 0.6 is 0 Å². The number of nitrogens with one attached hydrogen (secondary N) is 1. The molecule has 0 radical (unpaired) electrons. The number of hydrogen-bond acceptors (Lipinski definition) is 3. The van der Waals surface area contributed by atoms with Gasteiger partial charge in [0.2, 0.25) is 5.91 Å². The summed E-state index contributed by atoms with van der Waals surface area (Å²) in [4.78, 5) is 20.8. The predicted octanol–water partition coefficient (Wildman–Crippen LogP) is 2.70. The van der Waals surface area contributed by atoms with Gasteiger partial charge in [0.25, 0.3) is 0 Å². The fourth-order valence-corrected chi connectivity index (χ4v) is 5.35. The summed E-state index contributed by atoms with van der Waals surface area (Å²) in [6.07, 6.45) is 11.0. The predicted molar refractivity (Wildman–Crippen MR) is 120 cm³/mol. The van der Waals surface area contributed by atoms with Gasteiger partial charge in [-0.25, -0.2) is 0 Å². The van der Waals surface area contributed by atoms with E-state index in [0.717, 1.165) is 37.1 Å². The summed E-state index contributed by atoms with van der Waals surface area (Å²) in [6.45, 7) is 5.20. The smallest absolute Gasteiger partial charge is 0.247 e. The Morgan fingerprint density at radius 3 is 2.94 bits per heavy atom. The van der Waals surface area contributed by atoms with Crippen molar-refractivity contribution in [3.63, 3.8) is 0 Å². The van der Waals surface area contributed by atoms with Crippen molar-refractivity contribution in [1.82, 2.24) is 14.8 Å². The molecule has 1 saturated heterocycles. The Morgan fingerprint density at radius 2 is 2.10 bits per heavy atom. The number of nitriles is 1. The van der Waals surface area contributed by atoms with Gasteiger partial charge in [-0.3, -0.25) is 4.79 Å². The Balaban J connectivity index is 1.50. The number of rotatable bonds is 4. The summed E-state index contributed by atoms with van der Waals surface area (Å²) in [5, 5.41) is 11.5. The normalized spacial score (nSPS) is 21.2. The molecule has 2 aliphatic carbocycles. The zero-order valence-electron chi connectivity index (χ0n) is 17.4. The van der Waals surface area contributed by atoms with Crippen LogP contribution in [0.2, 0.25) is 0 Å². The number of carbonyl (C=O) groups excluding carboxylic acids is 1. The topological polar surface area (TPSA) is 63.1 Å². The highest BCUT2D eigenvalue weighted by molar-refractivity contribution is 5.90. The molecule has 1 fully saturated rings. The van der Waals surface area contributed by atoms with Crippen molar-refractivity contribution < 1.29 is 4.79 Å². The van der Waals surface area contributed by atoms with Gasteiger partial charge in [0.1, 0.15) is 0 Å². The van der Waals surface area contributed by atoms with E-state index in [-0.39, 0.29) is 18.5 Å². The highest BCUT2D eigenvalue weighted by Gasteiger charge is 2.43. The average Bonchev–Trinajstić information content (AvgIpc) is 3.26. The summed E-state index contributed by atoms with van der Waals surface area (Å²) in [5.74, 6) is 0.0881. The van der Waals surface area contributed by atoms with Crippen LogP contribution in [0.4, 0.5) is 0 Å². The van der Waals surface area contributed by atoms with Crippen LogP contribution in [0.15, 0.2) is 42.4 Å². The van der Waals surface area contributed by atoms with Gasteiger partial charge in [-0.15, -0.1) is 0 Å². The molecule has 3 heterocycles. The molecule has 1 aromatic heterocycles. The maximum Gasteiger partial charge on any atom is 0.247 e. The number of nitrogens with zero attached hydrogens (tertiary/aromatic N) is 3. The first-order valence-corrected chi connectivity index (χ1v) is 11.0. The fraction of sp³-hybridized carbons (Fsp3) is 0.308. The largest absolute Gasteiger partial charge is 0.361 e. The van der Waals surface area contributed by atoms with Gasteiger partial charge in [-0.2, -0.15) is 5.26 Å². The molecule has 2 aliphatic heterocycles. The molecule has 0 unspecified atom stereocenters. The maximum atomic E-state index is 13.4. The third-order valence-corrected chi connectivity index (χ3v) is 6.99. The van der Waals surface area contributed by atoms with Crippen LogP contribution in [0.5, 0.6) is 0 Å². The van der Waals surface area contributed by atoms with E-state index < -0.39 is 0 Å². The monoisotopic (exact) mass is 408 g/mol. The lowest BCUT2D eigenvalue weighted by molar-refractivity contribution is -0.133. The van der Waals surface area contributed by atoms with E-state index in [1.807, 2.05) is 9.80 Å². The molecule has 4 aliphatic rings. The molecule has 5 nitrogen and oxygen atoms in total. The van der Waals surface area contributed by atoms with E-state index in [9.17, 15) is 4.79 Å². The van der Waals surface area contributed by atoms with Gasteiger partial charge in [-0.05, 0) is 41.5 Å². The lowest BCUT2D eigenvalue weighted by Gasteiger charge is -2.39. The lowest BCUT2D eigenvalue weighted by atomic mass is 9.96. The zero-order chi connectivity index (χ0) is 21.1. The number of benzene rings is 1. The number of amides is 1. The molecule has 1 amide bonds. The van der Waals surface area contributed by atoms with Crippen LogP contribution in [-0.4, -0.2) is 33.8 Å². The van der Waals surface area contributed by atoms with Crippen molar-refractivity contribution in [2.24, 2.45) is 0 Å². The number of hydrogen-bond donors (Lipinski definition) is 1. The van der Waals surface area contributed by atoms with Gasteiger partial charge >= 0.3 is 0 Å². The van der Waals surface area contributed by atoms with Gasteiger partial charge in [0, 0.05) is 35.3 Å². The standard InChI is InChI=1S/C26H24N4O/c1-16-26-21(22-14-28-23-6-3-2-5-20(22)23)13-24(18-8-7-17-11-19(17)12-18)30(26)25(31)15-29(16)10-4-9-27/h5-8,12,14,24,28H,1-4,10-11,13,15H2/t24-/m1/s1. The van der Waals surface area contributed by atoms with Crippen LogP contribution in [0, 0.1) is 11.3 Å². The molecule has 0 spiro atoms. The minimum absolute atomic E-state index is 0.00335. The summed E-state index contributed by atoms with van der Waals surface area (Å²) >= 11 is 0. The second-order valence-corrected chi connectivity index (χ2v) is 8.81. The minimum atomic E-state index is -0.00335. The summed E-state index contributed by atoms with van der Waals surface area (Å²) in [6, 6.07) is 8.85. The van der Waals surface area contributed by atoms with Crippen LogP contribution in [0.25, 0.3) is 17.7 Å². The minimum Gasteiger partial charge on any atom is -0.361 e. The van der Waals surface area contributed by atoms with Gasteiger partial charge in [0.15, 0.2) is 0 Å². The highest BCUT2D eigenvalue weighted by Crippen LogP contribution is 2.48. The van der Waals surface area contributed by atoms with E-state index in [0.29, 0.717) is 13.0 Å². The molecule has 2 aromatic rings. The number of carbonyl (C=O) groups is 1. The van der Waals surface area contributed by atoms with Crippen molar-refractivity contribution in [1.29, 1.82) is 5.26 Å². The van der Waals surface area contributed by atoms with Crippen LogP contribution in [0.1, 0.15) is 54.0 Å². The van der Waals surface area contributed by atoms with Gasteiger partial charge in [0.05, 0.1) is 36.5 Å². The van der Waals surface area contributed by atoms with E-state index in [1.165, 1.54) is 38.4 Å². The van der Waals surface area contributed by atoms with Crippen LogP contribution in [0.3, 0.4) is 0 Å². The molecule has 1 N–H and O–H groups in total. The molecule has 31 heavy (non-hydrogen) atoms. The van der Waals surface area contributed by atoms with E-state index in [1.54, 1.807) is 0 Å². The maximum absolute atomic E-state index is 13.4. The summed E-state index contributed by atoms with van der Waals surface area (Å²) in [5.41, 5.74) is 8.16. The van der Waals surface area contributed by atoms with Crippen molar-refractivity contribution in [2.45, 2.75) is 38.1 Å². The molecule has 0 bridgehead atoms. The molecule has 0 saturated carbocycles. The highest BCUT2D eigenvalue weighted by atomic mass is 16.2. The van der Waals surface area contributed by atoms with E-state index in [4.69, 9.17) is 5.26 Å². The molecule has 1 atom stereocenters. The second-order valence-electron chi connectivity index (χ2n) is 8.81. The first-order chi connectivity index (χ1) is 15.2. The van der Waals surface area contributed by atoms with E-state index >= 15 is 0 Å². The van der Waals surface area contributed by atoms with Crippen molar-refractivity contribution >= 4 is 23.6 Å². The molecular weight excluding hydrogens is 384 g/mol. The number of aromatic nitrogens is 1. The van der Waals surface area contributed by atoms with E-state index in [2.05, 4.69) is 54.2 Å². The van der Waals surface area contributed by atoms with Crippen LogP contribution in [-0.2, 0) is 11.2 Å². The Morgan fingerprint density at radius 1 is 1.23 bits per heavy atom. The number of aromatic amines is 1. The SMILES string of the molecule is C=C1C2=C(c3c[nH]c4c3=CCCC=4)C[C@H](c3ccc4c(c3)C4)N2C(=O)CN1CCC#N. The van der Waals surface area contributed by atoms with Gasteiger partial charge < -0.3 is 14.8 Å². The van der Waals surface area contributed by atoms with Crippen molar-refractivity contribution in [3.8, 4) is 6.07 Å². The fourth-order valence-electron chi connectivity index (χ4n) is 5.35. The molecule has 1 aromatic carbocycles. The van der Waals surface area contributed by atoms with Crippen molar-refractivity contribution in [2.75, 3.05) is 13.1 Å². The number of fused-ring (bicyclic) bond motifs is 3. The average molecular weight is 409 g/mol. The second kappa shape index (κ2) is 6.75. The summed E-state index contributed by atoms with van der Waals surface area (Å²) in [7, 11) is 0. The third-order valence-electron chi connectivity index (χ3n) is 6.99. The third kappa shape index (κ3) is 2.79. The van der Waals surface area contributed by atoms with Crippen LogP contribution < -0.4 is 10.6 Å². The first-order valence-electron chi connectivity index (χ1n) is 11.0. The van der Waals surface area contributed by atoms with Gasteiger partial charge in [-0.1, -0.05) is 36.9 Å².